The van der Waals surface area contributed by atoms with Gasteiger partial charge >= 0.3 is 5.69 Å². The van der Waals surface area contributed by atoms with Crippen molar-refractivity contribution < 1.29 is 0 Å². The summed E-state index contributed by atoms with van der Waals surface area (Å²) in [6.07, 6.45) is 2.59. The third kappa shape index (κ3) is 2.40. The molecule has 1 aliphatic heterocycles. The highest BCUT2D eigenvalue weighted by Gasteiger charge is 2.17. The molecule has 0 aliphatic carbocycles. The molecule has 3 heterocycles. The number of rotatable bonds is 4. The van der Waals surface area contributed by atoms with E-state index in [1.54, 1.807) is 13.0 Å². The van der Waals surface area contributed by atoms with Gasteiger partial charge in [-0.25, -0.2) is 19.3 Å². The Bertz CT molecular complexity index is 654. The fraction of sp³-hybridized carbons (Fsp3) is 0.615. The second-order valence-corrected chi connectivity index (χ2v) is 5.38. The molecule has 0 radical (unpaired) electrons. The Morgan fingerprint density at radius 3 is 2.95 bits per heavy atom. The summed E-state index contributed by atoms with van der Waals surface area (Å²) < 4.78 is 1.47. The lowest BCUT2D eigenvalue weighted by atomic mass is 10.3. The predicted octanol–water partition coefficient (Wildman–Crippen LogP) is 0.622. The van der Waals surface area contributed by atoms with Crippen molar-refractivity contribution in [2.24, 2.45) is 0 Å². The normalized spacial score (nSPS) is 17.7. The van der Waals surface area contributed by atoms with E-state index in [0.717, 1.165) is 12.4 Å². The van der Waals surface area contributed by atoms with Crippen LogP contribution in [0.5, 0.6) is 0 Å². The maximum Gasteiger partial charge on any atom is 0.349 e. The first kappa shape index (κ1) is 13.1. The van der Waals surface area contributed by atoms with Crippen molar-refractivity contribution >= 4 is 11.5 Å². The van der Waals surface area contributed by atoms with E-state index in [1.807, 2.05) is 0 Å². The number of aromatic amines is 1. The summed E-state index contributed by atoms with van der Waals surface area (Å²) in [5, 5.41) is 9.76. The molecule has 1 atom stereocenters. The summed E-state index contributed by atoms with van der Waals surface area (Å²) in [6.45, 7) is 7.24. The maximum atomic E-state index is 11.5. The average Bonchev–Trinajstić information content (AvgIpc) is 3.06. The van der Waals surface area contributed by atoms with Crippen LogP contribution in [0.3, 0.4) is 0 Å². The molecule has 0 bridgehead atoms. The van der Waals surface area contributed by atoms with Crippen LogP contribution in [0.15, 0.2) is 10.9 Å². The van der Waals surface area contributed by atoms with E-state index < -0.39 is 0 Å². The fourth-order valence-electron chi connectivity index (χ4n) is 2.75. The Hall–Kier alpha value is -1.89. The van der Waals surface area contributed by atoms with E-state index in [9.17, 15) is 4.79 Å². The molecule has 3 rings (SSSR count). The molecule has 0 aromatic carbocycles. The van der Waals surface area contributed by atoms with Gasteiger partial charge < -0.3 is 5.32 Å². The van der Waals surface area contributed by atoms with Crippen LogP contribution in [0.25, 0.3) is 5.65 Å². The number of fused-ring (bicyclic) bond motifs is 1. The van der Waals surface area contributed by atoms with Crippen molar-refractivity contribution in [1.82, 2.24) is 24.5 Å². The largest absolute Gasteiger partial charge is 0.368 e. The number of hydrogen-bond donors (Lipinski definition) is 2. The molecule has 7 nitrogen and oxygen atoms in total. The van der Waals surface area contributed by atoms with Gasteiger partial charge in [-0.3, -0.25) is 4.90 Å². The number of aromatic nitrogens is 4. The molecule has 1 saturated heterocycles. The first-order valence-electron chi connectivity index (χ1n) is 7.08. The molecule has 0 spiro atoms. The molecule has 1 unspecified atom stereocenters. The van der Waals surface area contributed by atoms with Crippen molar-refractivity contribution in [3.05, 3.63) is 22.4 Å². The summed E-state index contributed by atoms with van der Waals surface area (Å²) in [6, 6.07) is 2.28. The molecule has 0 amide bonds. The Labute approximate surface area is 117 Å². The highest BCUT2D eigenvalue weighted by molar-refractivity contribution is 5.49. The van der Waals surface area contributed by atoms with E-state index in [-0.39, 0.29) is 5.69 Å². The summed E-state index contributed by atoms with van der Waals surface area (Å²) in [4.78, 5) is 18.4. The van der Waals surface area contributed by atoms with Gasteiger partial charge in [-0.2, -0.15) is 5.10 Å². The molecular formula is C13H20N6O. The highest BCUT2D eigenvalue weighted by Crippen LogP contribution is 2.13. The van der Waals surface area contributed by atoms with Gasteiger partial charge in [-0.05, 0) is 39.8 Å². The molecule has 1 aliphatic rings. The minimum absolute atomic E-state index is 0.248. The summed E-state index contributed by atoms with van der Waals surface area (Å²) in [7, 11) is 0. The van der Waals surface area contributed by atoms with Crippen molar-refractivity contribution in [1.29, 1.82) is 0 Å². The van der Waals surface area contributed by atoms with Crippen LogP contribution in [-0.2, 0) is 0 Å². The van der Waals surface area contributed by atoms with Gasteiger partial charge in [0, 0.05) is 18.7 Å². The summed E-state index contributed by atoms with van der Waals surface area (Å²) in [5.41, 5.74) is 0.348. The lowest BCUT2D eigenvalue weighted by Crippen LogP contribution is -2.35. The number of nitrogens with zero attached hydrogens (tertiary/aromatic N) is 4. The zero-order chi connectivity index (χ0) is 14.1. The highest BCUT2D eigenvalue weighted by atomic mass is 16.1. The predicted molar refractivity (Wildman–Crippen MR) is 77.1 cm³/mol. The van der Waals surface area contributed by atoms with Crippen molar-refractivity contribution in [3.63, 3.8) is 0 Å². The molecule has 2 aromatic rings. The Kier molecular flexibility index (Phi) is 3.43. The molecule has 2 aromatic heterocycles. The SMILES string of the molecule is Cc1nc(NCC(C)N2CCCC2)cc2n[nH]c(=O)n12. The first-order valence-corrected chi connectivity index (χ1v) is 7.08. The number of anilines is 1. The van der Waals surface area contributed by atoms with E-state index in [4.69, 9.17) is 0 Å². The molecule has 108 valence electrons. The molecule has 7 heteroatoms. The number of likely N-dealkylation sites (tertiary alicyclic amines) is 1. The van der Waals surface area contributed by atoms with E-state index in [1.165, 1.54) is 30.3 Å². The van der Waals surface area contributed by atoms with Crippen LogP contribution in [0.1, 0.15) is 25.6 Å². The topological polar surface area (TPSA) is 78.3 Å². The maximum absolute atomic E-state index is 11.5. The average molecular weight is 276 g/mol. The number of hydrogen-bond acceptors (Lipinski definition) is 5. The van der Waals surface area contributed by atoms with Crippen LogP contribution >= 0.6 is 0 Å². The molecule has 1 fully saturated rings. The minimum atomic E-state index is -0.248. The molecular weight excluding hydrogens is 256 g/mol. The van der Waals surface area contributed by atoms with Crippen LogP contribution in [0.2, 0.25) is 0 Å². The third-order valence-corrected chi connectivity index (χ3v) is 3.91. The van der Waals surface area contributed by atoms with E-state index in [2.05, 4.69) is 32.3 Å². The van der Waals surface area contributed by atoms with Gasteiger partial charge in [0.25, 0.3) is 0 Å². The zero-order valence-electron chi connectivity index (χ0n) is 11.9. The Balaban J connectivity index is 1.72. The van der Waals surface area contributed by atoms with Crippen LogP contribution in [0, 0.1) is 6.92 Å². The fourth-order valence-corrected chi connectivity index (χ4v) is 2.75. The second-order valence-electron chi connectivity index (χ2n) is 5.38. The van der Waals surface area contributed by atoms with Gasteiger partial charge in [0.1, 0.15) is 11.6 Å². The van der Waals surface area contributed by atoms with Gasteiger partial charge in [0.15, 0.2) is 5.65 Å². The molecule has 20 heavy (non-hydrogen) atoms. The standard InChI is InChI=1S/C13H20N6O/c1-9(18-5-3-4-6-18)8-14-11-7-12-16-17-13(20)19(12)10(2)15-11/h7,9,14H,3-6,8H2,1-2H3,(H,17,20). The monoisotopic (exact) mass is 276 g/mol. The summed E-state index contributed by atoms with van der Waals surface area (Å²) in [5.74, 6) is 1.40. The first-order chi connectivity index (χ1) is 9.65. The Morgan fingerprint density at radius 1 is 1.45 bits per heavy atom. The second kappa shape index (κ2) is 5.24. The third-order valence-electron chi connectivity index (χ3n) is 3.91. The van der Waals surface area contributed by atoms with E-state index in [0.29, 0.717) is 17.5 Å². The zero-order valence-corrected chi connectivity index (χ0v) is 11.9. The van der Waals surface area contributed by atoms with Gasteiger partial charge in [-0.15, -0.1) is 0 Å². The van der Waals surface area contributed by atoms with Gasteiger partial charge in [0.2, 0.25) is 0 Å². The number of aryl methyl sites for hydroxylation is 1. The van der Waals surface area contributed by atoms with Crippen molar-refractivity contribution in [2.75, 3.05) is 25.0 Å². The van der Waals surface area contributed by atoms with Crippen molar-refractivity contribution in [3.8, 4) is 0 Å². The lowest BCUT2D eigenvalue weighted by Gasteiger charge is -2.24. The van der Waals surface area contributed by atoms with Crippen LogP contribution in [-0.4, -0.2) is 50.2 Å². The van der Waals surface area contributed by atoms with Gasteiger partial charge in [-0.1, -0.05) is 0 Å². The molecule has 2 N–H and O–H groups in total. The number of nitrogens with one attached hydrogen (secondary N) is 2. The minimum Gasteiger partial charge on any atom is -0.368 e. The summed E-state index contributed by atoms with van der Waals surface area (Å²) >= 11 is 0. The van der Waals surface area contributed by atoms with Crippen molar-refractivity contribution in [2.45, 2.75) is 32.7 Å². The van der Waals surface area contributed by atoms with Crippen LogP contribution in [0.4, 0.5) is 5.82 Å². The Morgan fingerprint density at radius 2 is 2.20 bits per heavy atom. The number of H-pyrrole nitrogens is 1. The smallest absolute Gasteiger partial charge is 0.349 e. The van der Waals surface area contributed by atoms with Gasteiger partial charge in [0.05, 0.1) is 0 Å². The quantitative estimate of drug-likeness (QED) is 0.856. The lowest BCUT2D eigenvalue weighted by molar-refractivity contribution is 0.269. The van der Waals surface area contributed by atoms with Crippen LogP contribution < -0.4 is 11.0 Å². The molecule has 0 saturated carbocycles. The van der Waals surface area contributed by atoms with E-state index >= 15 is 0 Å².